The molecular formula is C19H20N2O4. The predicted molar refractivity (Wildman–Crippen MR) is 95.0 cm³/mol. The van der Waals surface area contributed by atoms with Crippen LogP contribution < -0.4 is 10.2 Å². The SMILES string of the molecule is COC(C)c1cccc(NC(=O)c2ccc(N3CCOC3=O)cc2)c1. The molecule has 3 rings (SSSR count). The average molecular weight is 340 g/mol. The molecule has 2 amide bonds. The number of carbonyl (C=O) groups is 2. The molecule has 1 saturated heterocycles. The summed E-state index contributed by atoms with van der Waals surface area (Å²) in [6.45, 7) is 2.86. The van der Waals surface area contributed by atoms with Gasteiger partial charge in [0, 0.05) is 24.0 Å². The second kappa shape index (κ2) is 7.36. The summed E-state index contributed by atoms with van der Waals surface area (Å²) in [6, 6.07) is 14.4. The van der Waals surface area contributed by atoms with E-state index in [0.717, 1.165) is 11.3 Å². The minimum Gasteiger partial charge on any atom is -0.447 e. The number of methoxy groups -OCH3 is 1. The molecule has 1 unspecified atom stereocenters. The van der Waals surface area contributed by atoms with Crippen LogP contribution in [0.15, 0.2) is 48.5 Å². The number of hydrogen-bond acceptors (Lipinski definition) is 4. The molecule has 130 valence electrons. The Morgan fingerprint density at radius 3 is 2.64 bits per heavy atom. The van der Waals surface area contributed by atoms with E-state index in [4.69, 9.17) is 9.47 Å². The first-order valence-corrected chi connectivity index (χ1v) is 8.07. The molecule has 2 aromatic carbocycles. The molecule has 1 N–H and O–H groups in total. The Morgan fingerprint density at radius 1 is 1.24 bits per heavy atom. The molecule has 0 aliphatic carbocycles. The standard InChI is InChI=1S/C19H20N2O4/c1-13(24-2)15-4-3-5-16(12-15)20-18(22)14-6-8-17(9-7-14)21-10-11-25-19(21)23/h3-9,12-13H,10-11H2,1-2H3,(H,20,22). The third-order valence-corrected chi connectivity index (χ3v) is 4.17. The highest BCUT2D eigenvalue weighted by Crippen LogP contribution is 2.22. The van der Waals surface area contributed by atoms with E-state index in [0.29, 0.717) is 24.4 Å². The van der Waals surface area contributed by atoms with E-state index in [1.54, 1.807) is 31.4 Å². The first-order valence-electron chi connectivity index (χ1n) is 8.07. The van der Waals surface area contributed by atoms with Crippen molar-refractivity contribution in [1.29, 1.82) is 0 Å². The van der Waals surface area contributed by atoms with E-state index >= 15 is 0 Å². The van der Waals surface area contributed by atoms with Crippen LogP contribution in [0, 0.1) is 0 Å². The molecule has 0 spiro atoms. The van der Waals surface area contributed by atoms with Gasteiger partial charge in [0.1, 0.15) is 6.61 Å². The lowest BCUT2D eigenvalue weighted by atomic mass is 10.1. The fourth-order valence-corrected chi connectivity index (χ4v) is 2.63. The van der Waals surface area contributed by atoms with Crippen molar-refractivity contribution in [3.05, 3.63) is 59.7 Å². The highest BCUT2D eigenvalue weighted by Gasteiger charge is 2.23. The van der Waals surface area contributed by atoms with Crippen molar-refractivity contribution in [2.45, 2.75) is 13.0 Å². The van der Waals surface area contributed by atoms with Crippen LogP contribution in [-0.4, -0.2) is 32.3 Å². The molecular weight excluding hydrogens is 320 g/mol. The van der Waals surface area contributed by atoms with Crippen LogP contribution in [0.2, 0.25) is 0 Å². The van der Waals surface area contributed by atoms with Crippen molar-refractivity contribution >= 4 is 23.4 Å². The first kappa shape index (κ1) is 17.0. The third-order valence-electron chi connectivity index (χ3n) is 4.17. The van der Waals surface area contributed by atoms with Gasteiger partial charge in [0.2, 0.25) is 0 Å². The number of ether oxygens (including phenoxy) is 2. The molecule has 6 heteroatoms. The van der Waals surface area contributed by atoms with Gasteiger partial charge in [0.05, 0.1) is 12.6 Å². The number of carbonyl (C=O) groups excluding carboxylic acids is 2. The Bertz CT molecular complexity index is 773. The van der Waals surface area contributed by atoms with Gasteiger partial charge in [0.25, 0.3) is 5.91 Å². The van der Waals surface area contributed by atoms with E-state index in [1.807, 2.05) is 31.2 Å². The van der Waals surface area contributed by atoms with Crippen LogP contribution in [0.1, 0.15) is 28.9 Å². The quantitative estimate of drug-likeness (QED) is 0.903. The fourth-order valence-electron chi connectivity index (χ4n) is 2.63. The Balaban J connectivity index is 1.70. The monoisotopic (exact) mass is 340 g/mol. The summed E-state index contributed by atoms with van der Waals surface area (Å²) in [6.07, 6.45) is -0.405. The summed E-state index contributed by atoms with van der Waals surface area (Å²) in [5.41, 5.74) is 2.93. The lowest BCUT2D eigenvalue weighted by Crippen LogP contribution is -2.23. The van der Waals surface area contributed by atoms with E-state index in [9.17, 15) is 9.59 Å². The Morgan fingerprint density at radius 2 is 2.00 bits per heavy atom. The molecule has 0 bridgehead atoms. The van der Waals surface area contributed by atoms with Gasteiger partial charge in [-0.05, 0) is 48.9 Å². The van der Waals surface area contributed by atoms with Crippen molar-refractivity contribution in [3.8, 4) is 0 Å². The lowest BCUT2D eigenvalue weighted by molar-refractivity contribution is 0.102. The number of anilines is 2. The first-order chi connectivity index (χ1) is 12.1. The number of hydrogen-bond donors (Lipinski definition) is 1. The van der Waals surface area contributed by atoms with Gasteiger partial charge in [-0.2, -0.15) is 0 Å². The van der Waals surface area contributed by atoms with Crippen molar-refractivity contribution in [2.24, 2.45) is 0 Å². The summed E-state index contributed by atoms with van der Waals surface area (Å²) in [5.74, 6) is -0.210. The summed E-state index contributed by atoms with van der Waals surface area (Å²) in [7, 11) is 1.65. The molecule has 1 aliphatic heterocycles. The molecule has 1 aliphatic rings. The van der Waals surface area contributed by atoms with Crippen molar-refractivity contribution in [3.63, 3.8) is 0 Å². The smallest absolute Gasteiger partial charge is 0.414 e. The van der Waals surface area contributed by atoms with Crippen LogP contribution in [0.5, 0.6) is 0 Å². The van der Waals surface area contributed by atoms with Crippen molar-refractivity contribution in [2.75, 3.05) is 30.5 Å². The number of cyclic esters (lactones) is 1. The van der Waals surface area contributed by atoms with Crippen LogP contribution in [0.25, 0.3) is 0 Å². The van der Waals surface area contributed by atoms with E-state index in [-0.39, 0.29) is 18.1 Å². The maximum Gasteiger partial charge on any atom is 0.414 e. The molecule has 25 heavy (non-hydrogen) atoms. The maximum absolute atomic E-state index is 12.4. The molecule has 6 nitrogen and oxygen atoms in total. The zero-order chi connectivity index (χ0) is 17.8. The van der Waals surface area contributed by atoms with Gasteiger partial charge < -0.3 is 14.8 Å². The molecule has 1 atom stereocenters. The maximum atomic E-state index is 12.4. The molecule has 2 aromatic rings. The average Bonchev–Trinajstić information content (AvgIpc) is 3.07. The number of nitrogens with zero attached hydrogens (tertiary/aromatic N) is 1. The topological polar surface area (TPSA) is 67.9 Å². The lowest BCUT2D eigenvalue weighted by Gasteiger charge is -2.14. The zero-order valence-electron chi connectivity index (χ0n) is 14.2. The van der Waals surface area contributed by atoms with Crippen LogP contribution >= 0.6 is 0 Å². The number of nitrogens with one attached hydrogen (secondary N) is 1. The van der Waals surface area contributed by atoms with Gasteiger partial charge in [0.15, 0.2) is 0 Å². The van der Waals surface area contributed by atoms with Gasteiger partial charge in [-0.15, -0.1) is 0 Å². The highest BCUT2D eigenvalue weighted by atomic mass is 16.6. The van der Waals surface area contributed by atoms with Gasteiger partial charge in [-0.1, -0.05) is 12.1 Å². The van der Waals surface area contributed by atoms with Crippen LogP contribution in [0.4, 0.5) is 16.2 Å². The highest BCUT2D eigenvalue weighted by molar-refractivity contribution is 6.04. The molecule has 1 heterocycles. The minimum atomic E-state index is -0.360. The van der Waals surface area contributed by atoms with E-state index in [1.165, 1.54) is 4.90 Å². The Labute approximate surface area is 146 Å². The molecule has 0 saturated carbocycles. The summed E-state index contributed by atoms with van der Waals surface area (Å²) < 4.78 is 10.2. The molecule has 0 aromatic heterocycles. The number of amides is 2. The Kier molecular flexibility index (Phi) is 5.00. The summed E-state index contributed by atoms with van der Waals surface area (Å²) >= 11 is 0. The number of rotatable bonds is 5. The van der Waals surface area contributed by atoms with Gasteiger partial charge in [-0.3, -0.25) is 9.69 Å². The second-order valence-electron chi connectivity index (χ2n) is 5.77. The van der Waals surface area contributed by atoms with Gasteiger partial charge >= 0.3 is 6.09 Å². The van der Waals surface area contributed by atoms with Crippen LogP contribution in [0.3, 0.4) is 0 Å². The van der Waals surface area contributed by atoms with Gasteiger partial charge in [-0.25, -0.2) is 4.79 Å². The van der Waals surface area contributed by atoms with Crippen LogP contribution in [-0.2, 0) is 9.47 Å². The largest absolute Gasteiger partial charge is 0.447 e. The summed E-state index contributed by atoms with van der Waals surface area (Å²) in [4.78, 5) is 25.5. The van der Waals surface area contributed by atoms with Crippen molar-refractivity contribution in [1.82, 2.24) is 0 Å². The zero-order valence-corrected chi connectivity index (χ0v) is 14.2. The number of benzene rings is 2. The van der Waals surface area contributed by atoms with Crippen molar-refractivity contribution < 1.29 is 19.1 Å². The normalized spacial score (nSPS) is 15.0. The molecule has 1 fully saturated rings. The van der Waals surface area contributed by atoms with E-state index in [2.05, 4.69) is 5.32 Å². The molecule has 0 radical (unpaired) electrons. The second-order valence-corrected chi connectivity index (χ2v) is 5.77. The van der Waals surface area contributed by atoms with E-state index < -0.39 is 0 Å². The third kappa shape index (κ3) is 3.80. The predicted octanol–water partition coefficient (Wildman–Crippen LogP) is 3.60. The Hall–Kier alpha value is -2.86. The fraction of sp³-hybridized carbons (Fsp3) is 0.263. The minimum absolute atomic E-state index is 0.0450. The summed E-state index contributed by atoms with van der Waals surface area (Å²) in [5, 5.41) is 2.88.